The summed E-state index contributed by atoms with van der Waals surface area (Å²) in [6.07, 6.45) is 2.19. The number of benzene rings is 1. The molecular formula is C20H25N5O4S. The van der Waals surface area contributed by atoms with Crippen molar-refractivity contribution in [2.75, 3.05) is 26.2 Å². The number of nitrogens with one attached hydrogen (secondary N) is 1. The lowest BCUT2D eigenvalue weighted by molar-refractivity contribution is -0.123. The SMILES string of the molecule is CC(C)CCN1Cc2c(C(=O)N3CCNC(=O)C3)ncn2-c2ccccc2S1(=O)=O. The number of carbonyl (C=O) groups excluding carboxylic acids is 2. The first kappa shape index (κ1) is 20.5. The van der Waals surface area contributed by atoms with E-state index in [-0.39, 0.29) is 35.5 Å². The first-order valence-corrected chi connectivity index (χ1v) is 11.4. The molecule has 0 unspecified atom stereocenters. The van der Waals surface area contributed by atoms with Crippen LogP contribution in [0.4, 0.5) is 0 Å². The number of rotatable bonds is 4. The van der Waals surface area contributed by atoms with Crippen LogP contribution in [0.25, 0.3) is 5.69 Å². The molecule has 10 heteroatoms. The maximum atomic E-state index is 13.4. The van der Waals surface area contributed by atoms with Crippen LogP contribution >= 0.6 is 0 Å². The Morgan fingerprint density at radius 1 is 1.23 bits per heavy atom. The van der Waals surface area contributed by atoms with Gasteiger partial charge in [0, 0.05) is 19.6 Å². The molecule has 30 heavy (non-hydrogen) atoms. The number of aromatic nitrogens is 2. The molecule has 1 fully saturated rings. The molecule has 0 radical (unpaired) electrons. The molecule has 1 aromatic carbocycles. The first-order valence-electron chi connectivity index (χ1n) is 10.0. The first-order chi connectivity index (χ1) is 14.3. The molecule has 0 aliphatic carbocycles. The van der Waals surface area contributed by atoms with Gasteiger partial charge in [-0.25, -0.2) is 13.4 Å². The second-order valence-corrected chi connectivity index (χ2v) is 9.88. The number of hydrogen-bond donors (Lipinski definition) is 1. The molecule has 2 amide bonds. The molecule has 0 spiro atoms. The number of nitrogens with zero attached hydrogens (tertiary/aromatic N) is 4. The minimum Gasteiger partial charge on any atom is -0.353 e. The molecule has 0 saturated carbocycles. The van der Waals surface area contributed by atoms with Gasteiger partial charge in [-0.05, 0) is 24.5 Å². The third kappa shape index (κ3) is 3.61. The Morgan fingerprint density at radius 2 is 2.00 bits per heavy atom. The molecule has 9 nitrogen and oxygen atoms in total. The van der Waals surface area contributed by atoms with Crippen molar-refractivity contribution in [1.29, 1.82) is 0 Å². The van der Waals surface area contributed by atoms with Crippen LogP contribution < -0.4 is 5.32 Å². The second kappa shape index (κ2) is 7.84. The Bertz CT molecular complexity index is 1090. The minimum atomic E-state index is -3.73. The Labute approximate surface area is 175 Å². The van der Waals surface area contributed by atoms with E-state index < -0.39 is 10.0 Å². The summed E-state index contributed by atoms with van der Waals surface area (Å²) in [7, 11) is -3.73. The average molecular weight is 432 g/mol. The van der Waals surface area contributed by atoms with E-state index in [0.717, 1.165) is 0 Å². The summed E-state index contributed by atoms with van der Waals surface area (Å²) in [6.45, 7) is 5.22. The van der Waals surface area contributed by atoms with Gasteiger partial charge in [-0.3, -0.25) is 14.2 Å². The van der Waals surface area contributed by atoms with Gasteiger partial charge in [0.15, 0.2) is 5.69 Å². The lowest BCUT2D eigenvalue weighted by atomic mass is 10.1. The molecule has 4 rings (SSSR count). The predicted molar refractivity (Wildman–Crippen MR) is 110 cm³/mol. The lowest BCUT2D eigenvalue weighted by Gasteiger charge is -2.26. The van der Waals surface area contributed by atoms with Crippen molar-refractivity contribution in [1.82, 2.24) is 24.1 Å². The third-order valence-electron chi connectivity index (χ3n) is 5.42. The van der Waals surface area contributed by atoms with Crippen LogP contribution in [0.3, 0.4) is 0 Å². The normalized spacial score (nSPS) is 18.5. The maximum absolute atomic E-state index is 13.4. The van der Waals surface area contributed by atoms with E-state index >= 15 is 0 Å². The van der Waals surface area contributed by atoms with E-state index in [9.17, 15) is 18.0 Å². The molecule has 1 N–H and O–H groups in total. The van der Waals surface area contributed by atoms with Gasteiger partial charge in [0.05, 0.1) is 24.5 Å². The fourth-order valence-corrected chi connectivity index (χ4v) is 5.34. The molecular weight excluding hydrogens is 406 g/mol. The summed E-state index contributed by atoms with van der Waals surface area (Å²) in [5.41, 5.74) is 1.18. The van der Waals surface area contributed by atoms with Crippen molar-refractivity contribution >= 4 is 21.8 Å². The highest BCUT2D eigenvalue weighted by atomic mass is 32.2. The number of piperazine rings is 1. The lowest BCUT2D eigenvalue weighted by Crippen LogP contribution is -2.50. The molecule has 3 heterocycles. The summed E-state index contributed by atoms with van der Waals surface area (Å²) < 4.78 is 29.8. The highest BCUT2D eigenvalue weighted by Gasteiger charge is 2.36. The predicted octanol–water partition coefficient (Wildman–Crippen LogP) is 0.995. The molecule has 1 saturated heterocycles. The topological polar surface area (TPSA) is 105 Å². The second-order valence-electron chi connectivity index (χ2n) is 7.98. The van der Waals surface area contributed by atoms with Crippen molar-refractivity contribution in [3.8, 4) is 5.69 Å². The number of hydrogen-bond acceptors (Lipinski definition) is 5. The summed E-state index contributed by atoms with van der Waals surface area (Å²) in [6, 6.07) is 6.75. The molecule has 0 atom stereocenters. The fourth-order valence-electron chi connectivity index (χ4n) is 3.74. The van der Waals surface area contributed by atoms with E-state index in [1.165, 1.54) is 15.5 Å². The van der Waals surface area contributed by atoms with Crippen molar-refractivity contribution in [3.05, 3.63) is 42.0 Å². The molecule has 0 bridgehead atoms. The Hall–Kier alpha value is -2.72. The van der Waals surface area contributed by atoms with E-state index in [1.807, 2.05) is 13.8 Å². The average Bonchev–Trinajstić information content (AvgIpc) is 3.10. The summed E-state index contributed by atoms with van der Waals surface area (Å²) in [5.74, 6) is -0.248. The van der Waals surface area contributed by atoms with Gasteiger partial charge >= 0.3 is 0 Å². The van der Waals surface area contributed by atoms with Gasteiger partial charge in [-0.2, -0.15) is 4.31 Å². The number of sulfonamides is 1. The third-order valence-corrected chi connectivity index (χ3v) is 7.31. The van der Waals surface area contributed by atoms with Crippen LogP contribution in [0.5, 0.6) is 0 Å². The number of imidazole rings is 1. The van der Waals surface area contributed by atoms with E-state index in [1.54, 1.807) is 28.8 Å². The molecule has 160 valence electrons. The molecule has 2 aliphatic heterocycles. The minimum absolute atomic E-state index is 0.0307. The summed E-state index contributed by atoms with van der Waals surface area (Å²) in [5, 5.41) is 2.70. The van der Waals surface area contributed by atoms with Crippen molar-refractivity contribution in [2.24, 2.45) is 5.92 Å². The van der Waals surface area contributed by atoms with Crippen molar-refractivity contribution in [3.63, 3.8) is 0 Å². The van der Waals surface area contributed by atoms with E-state index in [0.29, 0.717) is 43.4 Å². The van der Waals surface area contributed by atoms with Crippen LogP contribution in [-0.2, 0) is 21.4 Å². The largest absolute Gasteiger partial charge is 0.353 e. The fraction of sp³-hybridized carbons (Fsp3) is 0.450. The zero-order valence-electron chi connectivity index (χ0n) is 17.0. The molecule has 2 aliphatic rings. The van der Waals surface area contributed by atoms with Crippen LogP contribution in [-0.4, -0.2) is 65.2 Å². The van der Waals surface area contributed by atoms with E-state index in [4.69, 9.17) is 0 Å². The monoisotopic (exact) mass is 431 g/mol. The van der Waals surface area contributed by atoms with Gasteiger partial charge in [-0.15, -0.1) is 0 Å². The maximum Gasteiger partial charge on any atom is 0.274 e. The van der Waals surface area contributed by atoms with Gasteiger partial charge in [0.2, 0.25) is 15.9 Å². The number of fused-ring (bicyclic) bond motifs is 3. The molecule has 2 aromatic rings. The van der Waals surface area contributed by atoms with Gasteiger partial charge in [0.1, 0.15) is 11.2 Å². The van der Waals surface area contributed by atoms with Crippen LogP contribution in [0.2, 0.25) is 0 Å². The summed E-state index contributed by atoms with van der Waals surface area (Å²) in [4.78, 5) is 30.8. The van der Waals surface area contributed by atoms with Crippen molar-refractivity contribution in [2.45, 2.75) is 31.7 Å². The zero-order chi connectivity index (χ0) is 21.5. The van der Waals surface area contributed by atoms with Crippen LogP contribution in [0.15, 0.2) is 35.5 Å². The standard InChI is InChI=1S/C20H25N5O4S/c1-14(2)7-9-24-11-16-19(20(27)23-10-8-21-18(26)12-23)22-13-25(16)15-5-3-4-6-17(15)30(24,28)29/h3-6,13-14H,7-12H2,1-2H3,(H,21,26). The van der Waals surface area contributed by atoms with Crippen molar-refractivity contribution < 1.29 is 18.0 Å². The quantitative estimate of drug-likeness (QED) is 0.778. The number of para-hydroxylation sites is 1. The van der Waals surface area contributed by atoms with Gasteiger partial charge in [0.25, 0.3) is 5.91 Å². The number of amides is 2. The Morgan fingerprint density at radius 3 is 2.73 bits per heavy atom. The molecule has 1 aromatic heterocycles. The zero-order valence-corrected chi connectivity index (χ0v) is 17.9. The Balaban J connectivity index is 1.79. The van der Waals surface area contributed by atoms with Crippen LogP contribution in [0, 0.1) is 5.92 Å². The summed E-state index contributed by atoms with van der Waals surface area (Å²) >= 11 is 0. The van der Waals surface area contributed by atoms with Gasteiger partial charge in [-0.1, -0.05) is 26.0 Å². The number of carbonyl (C=O) groups is 2. The van der Waals surface area contributed by atoms with E-state index in [2.05, 4.69) is 10.3 Å². The highest BCUT2D eigenvalue weighted by Crippen LogP contribution is 2.32. The highest BCUT2D eigenvalue weighted by molar-refractivity contribution is 7.89. The van der Waals surface area contributed by atoms with Crippen LogP contribution in [0.1, 0.15) is 36.5 Å². The van der Waals surface area contributed by atoms with Gasteiger partial charge < -0.3 is 10.2 Å². The Kier molecular flexibility index (Phi) is 5.37. The smallest absolute Gasteiger partial charge is 0.274 e.